The van der Waals surface area contributed by atoms with Crippen molar-refractivity contribution >= 4 is 13.5 Å². The van der Waals surface area contributed by atoms with Crippen LogP contribution in [0.3, 0.4) is 0 Å². The normalized spacial score (nSPS) is 10.7. The van der Waals surface area contributed by atoms with E-state index in [-0.39, 0.29) is 13.2 Å². The Labute approximate surface area is 170 Å². The van der Waals surface area contributed by atoms with E-state index >= 15 is 0 Å². The van der Waals surface area contributed by atoms with Crippen LogP contribution >= 0.6 is 7.82 Å². The molecular formula is C22H21N2O4P. The summed E-state index contributed by atoms with van der Waals surface area (Å²) in [5, 5.41) is 0. The molecule has 148 valence electrons. The van der Waals surface area contributed by atoms with Crippen LogP contribution in [-0.4, -0.2) is 6.54 Å². The van der Waals surface area contributed by atoms with Crippen LogP contribution in [0.25, 0.3) is 0 Å². The Morgan fingerprint density at radius 3 is 2.00 bits per heavy atom. The van der Waals surface area contributed by atoms with Crippen molar-refractivity contribution in [3.8, 4) is 23.3 Å². The average Bonchev–Trinajstić information content (AvgIpc) is 2.73. The molecule has 0 aromatic heterocycles. The second-order valence-electron chi connectivity index (χ2n) is 5.95. The van der Waals surface area contributed by atoms with Gasteiger partial charge >= 0.3 is 7.82 Å². The fourth-order valence-electron chi connectivity index (χ4n) is 2.42. The zero-order valence-electron chi connectivity index (χ0n) is 15.7. The Kier molecular flexibility index (Phi) is 6.94. The van der Waals surface area contributed by atoms with Crippen molar-refractivity contribution < 1.29 is 18.1 Å². The van der Waals surface area contributed by atoms with E-state index in [1.165, 1.54) is 0 Å². The summed E-state index contributed by atoms with van der Waals surface area (Å²) in [6.07, 6.45) is 0. The molecule has 0 saturated heterocycles. The predicted molar refractivity (Wildman–Crippen MR) is 113 cm³/mol. The maximum absolute atomic E-state index is 13.4. The first-order valence-corrected chi connectivity index (χ1v) is 10.4. The predicted octanol–water partition coefficient (Wildman–Crippen LogP) is 4.36. The van der Waals surface area contributed by atoms with Gasteiger partial charge in [-0.3, -0.25) is 4.52 Å². The molecule has 29 heavy (non-hydrogen) atoms. The summed E-state index contributed by atoms with van der Waals surface area (Å²) in [5.41, 5.74) is 13.2. The zero-order valence-corrected chi connectivity index (χ0v) is 16.5. The van der Waals surface area contributed by atoms with Crippen molar-refractivity contribution in [2.45, 2.75) is 6.61 Å². The molecule has 0 aliphatic rings. The fraction of sp³-hybridized carbons (Fsp3) is 0.0909. The van der Waals surface area contributed by atoms with Gasteiger partial charge in [0.25, 0.3) is 0 Å². The number of hydrogen-bond donors (Lipinski definition) is 2. The number of phosphoric ester groups is 1. The molecule has 0 unspecified atom stereocenters. The molecule has 0 aliphatic carbocycles. The van der Waals surface area contributed by atoms with E-state index in [0.29, 0.717) is 28.3 Å². The molecule has 0 heterocycles. The summed E-state index contributed by atoms with van der Waals surface area (Å²) in [4.78, 5) is 0. The molecule has 6 nitrogen and oxygen atoms in total. The summed E-state index contributed by atoms with van der Waals surface area (Å²) < 4.78 is 30.2. The molecule has 0 atom stereocenters. The van der Waals surface area contributed by atoms with Crippen LogP contribution in [0, 0.1) is 11.8 Å². The van der Waals surface area contributed by atoms with E-state index in [1.54, 1.807) is 66.7 Å². The number of nitrogens with two attached hydrogens (primary N) is 2. The maximum Gasteiger partial charge on any atom is 0.587 e. The van der Waals surface area contributed by atoms with Crippen molar-refractivity contribution in [2.75, 3.05) is 12.3 Å². The minimum Gasteiger partial charge on any atom is -0.399 e. The van der Waals surface area contributed by atoms with Gasteiger partial charge in [0, 0.05) is 11.3 Å². The monoisotopic (exact) mass is 408 g/mol. The molecule has 7 heteroatoms. The van der Waals surface area contributed by atoms with Gasteiger partial charge < -0.3 is 20.5 Å². The summed E-state index contributed by atoms with van der Waals surface area (Å²) in [6, 6.07) is 22.6. The van der Waals surface area contributed by atoms with Gasteiger partial charge in [0.15, 0.2) is 0 Å². The number of phosphoric acid groups is 1. The minimum atomic E-state index is -3.99. The van der Waals surface area contributed by atoms with E-state index in [1.807, 2.05) is 12.1 Å². The highest BCUT2D eigenvalue weighted by Gasteiger charge is 2.31. The second kappa shape index (κ2) is 9.81. The third-order valence-corrected chi connectivity index (χ3v) is 5.07. The van der Waals surface area contributed by atoms with E-state index < -0.39 is 7.82 Å². The smallest absolute Gasteiger partial charge is 0.399 e. The standard InChI is InChI=1S/C22H21N2O4P/c23-15-7-8-18-16-20(24)14-13-19(18)17-26-29(25,27-21-9-3-1-4-10-21)28-22-11-5-2-6-12-22/h1-6,9-14,16H,15,17,23-24H2. The Hall–Kier alpha value is -3.23. The molecule has 0 amide bonds. The van der Waals surface area contributed by atoms with Crippen LogP contribution in [0.4, 0.5) is 5.69 Å². The van der Waals surface area contributed by atoms with Crippen molar-refractivity contribution in [3.63, 3.8) is 0 Å². The molecule has 0 saturated carbocycles. The van der Waals surface area contributed by atoms with E-state index in [2.05, 4.69) is 11.8 Å². The van der Waals surface area contributed by atoms with E-state index in [9.17, 15) is 4.57 Å². The molecule has 0 aliphatic heterocycles. The van der Waals surface area contributed by atoms with Gasteiger partial charge in [-0.2, -0.15) is 0 Å². The van der Waals surface area contributed by atoms with Crippen LogP contribution in [0.15, 0.2) is 78.9 Å². The molecule has 3 aromatic carbocycles. The van der Waals surface area contributed by atoms with Crippen molar-refractivity contribution in [1.29, 1.82) is 0 Å². The highest BCUT2D eigenvalue weighted by molar-refractivity contribution is 7.49. The Morgan fingerprint density at radius 1 is 0.862 bits per heavy atom. The van der Waals surface area contributed by atoms with Gasteiger partial charge in [-0.05, 0) is 42.0 Å². The molecule has 4 N–H and O–H groups in total. The summed E-state index contributed by atoms with van der Waals surface area (Å²) in [7, 11) is -3.99. The van der Waals surface area contributed by atoms with Crippen molar-refractivity contribution in [1.82, 2.24) is 0 Å². The third-order valence-electron chi connectivity index (χ3n) is 3.76. The molecule has 0 fully saturated rings. The summed E-state index contributed by atoms with van der Waals surface area (Å²) in [6.45, 7) is 0.160. The lowest BCUT2D eigenvalue weighted by Gasteiger charge is -2.19. The minimum absolute atomic E-state index is 0.0498. The average molecular weight is 408 g/mol. The highest BCUT2D eigenvalue weighted by Crippen LogP contribution is 2.50. The first-order chi connectivity index (χ1) is 14.1. The van der Waals surface area contributed by atoms with Crippen molar-refractivity contribution in [2.24, 2.45) is 5.73 Å². The maximum atomic E-state index is 13.4. The molecule has 0 bridgehead atoms. The van der Waals surface area contributed by atoms with E-state index in [0.717, 1.165) is 0 Å². The molecule has 3 rings (SSSR count). The number of hydrogen-bond acceptors (Lipinski definition) is 6. The molecular weight excluding hydrogens is 387 g/mol. The highest BCUT2D eigenvalue weighted by atomic mass is 31.2. The Morgan fingerprint density at radius 2 is 1.45 bits per heavy atom. The van der Waals surface area contributed by atoms with Gasteiger partial charge in [0.05, 0.1) is 13.2 Å². The zero-order chi connectivity index (χ0) is 20.5. The lowest BCUT2D eigenvalue weighted by Crippen LogP contribution is -2.06. The third kappa shape index (κ3) is 6.13. The fourth-order valence-corrected chi connectivity index (χ4v) is 3.62. The largest absolute Gasteiger partial charge is 0.587 e. The lowest BCUT2D eigenvalue weighted by atomic mass is 10.1. The summed E-state index contributed by atoms with van der Waals surface area (Å²) in [5.74, 6) is 6.46. The molecule has 3 aromatic rings. The second-order valence-corrected chi connectivity index (χ2v) is 7.47. The Balaban J connectivity index is 1.85. The van der Waals surface area contributed by atoms with Crippen LogP contribution in [-0.2, 0) is 15.7 Å². The van der Waals surface area contributed by atoms with Gasteiger partial charge in [0.1, 0.15) is 11.5 Å². The number of anilines is 1. The van der Waals surface area contributed by atoms with Gasteiger partial charge in [0.2, 0.25) is 0 Å². The number of rotatable bonds is 7. The van der Waals surface area contributed by atoms with E-state index in [4.69, 9.17) is 25.0 Å². The first-order valence-electron chi connectivity index (χ1n) is 8.89. The van der Waals surface area contributed by atoms with Crippen molar-refractivity contribution in [3.05, 3.63) is 90.0 Å². The lowest BCUT2D eigenvalue weighted by molar-refractivity contribution is 0.201. The number of nitrogen functional groups attached to an aromatic ring is 1. The van der Waals surface area contributed by atoms with Gasteiger partial charge in [-0.1, -0.05) is 54.3 Å². The number of para-hydroxylation sites is 2. The van der Waals surface area contributed by atoms with Gasteiger partial charge in [-0.25, -0.2) is 4.57 Å². The number of benzene rings is 3. The van der Waals surface area contributed by atoms with Crippen LogP contribution < -0.4 is 20.5 Å². The Bertz CT molecular complexity index is 1000. The van der Waals surface area contributed by atoms with Crippen LogP contribution in [0.1, 0.15) is 11.1 Å². The molecule has 0 spiro atoms. The SMILES string of the molecule is NCC#Cc1cc(N)ccc1COP(=O)(Oc1ccccc1)Oc1ccccc1. The quantitative estimate of drug-likeness (QED) is 0.343. The topological polar surface area (TPSA) is 96.8 Å². The van der Waals surface area contributed by atoms with Crippen LogP contribution in [0.2, 0.25) is 0 Å². The molecule has 0 radical (unpaired) electrons. The van der Waals surface area contributed by atoms with Gasteiger partial charge in [-0.15, -0.1) is 0 Å². The van der Waals surface area contributed by atoms with Crippen LogP contribution in [0.5, 0.6) is 11.5 Å². The first kappa shape index (κ1) is 20.5. The summed E-state index contributed by atoms with van der Waals surface area (Å²) >= 11 is 0.